The fourth-order valence-electron chi connectivity index (χ4n) is 2.88. The molecule has 0 saturated carbocycles. The van der Waals surface area contributed by atoms with Crippen molar-refractivity contribution in [2.24, 2.45) is 4.99 Å². The van der Waals surface area contributed by atoms with Crippen LogP contribution in [0.3, 0.4) is 0 Å². The molecule has 0 unspecified atom stereocenters. The standard InChI is InChI=1S/C22H15N3O4S/c26-19-12-11-18(25(28)29)13-15(19)14-20-21(27)24(17-9-5-2-6-10-17)22(30-20)23-16-7-3-1-4-8-16/h1-14,26H/b20-14+,23-22?. The van der Waals surface area contributed by atoms with Gasteiger partial charge >= 0.3 is 0 Å². The Balaban J connectivity index is 1.79. The Morgan fingerprint density at radius 1 is 1.00 bits per heavy atom. The van der Waals surface area contributed by atoms with Crippen LogP contribution in [0.2, 0.25) is 0 Å². The normalized spacial score (nSPS) is 16.4. The number of phenols is 1. The Hall–Kier alpha value is -3.91. The largest absolute Gasteiger partial charge is 0.507 e. The Bertz CT molecular complexity index is 1180. The number of hydrogen-bond acceptors (Lipinski definition) is 6. The van der Waals surface area contributed by atoms with Crippen LogP contribution in [0.25, 0.3) is 6.08 Å². The maximum absolute atomic E-state index is 13.2. The van der Waals surface area contributed by atoms with Gasteiger partial charge in [-0.25, -0.2) is 4.99 Å². The van der Waals surface area contributed by atoms with E-state index >= 15 is 0 Å². The summed E-state index contributed by atoms with van der Waals surface area (Å²) in [6, 6.07) is 22.0. The number of anilines is 1. The van der Waals surface area contributed by atoms with Gasteiger partial charge in [0.05, 0.1) is 21.2 Å². The fourth-order valence-corrected chi connectivity index (χ4v) is 3.87. The number of phenolic OH excluding ortho intramolecular Hbond substituents is 1. The van der Waals surface area contributed by atoms with Gasteiger partial charge in [-0.1, -0.05) is 36.4 Å². The second-order valence-corrected chi connectivity index (χ2v) is 7.33. The van der Waals surface area contributed by atoms with Crippen molar-refractivity contribution in [3.8, 4) is 5.75 Å². The lowest BCUT2D eigenvalue weighted by Gasteiger charge is -2.15. The molecule has 4 rings (SSSR count). The van der Waals surface area contributed by atoms with Crippen molar-refractivity contribution in [3.63, 3.8) is 0 Å². The van der Waals surface area contributed by atoms with Gasteiger partial charge in [0.1, 0.15) is 5.75 Å². The van der Waals surface area contributed by atoms with E-state index in [1.54, 1.807) is 12.1 Å². The zero-order valence-corrected chi connectivity index (χ0v) is 16.3. The summed E-state index contributed by atoms with van der Waals surface area (Å²) in [5.74, 6) is -0.479. The van der Waals surface area contributed by atoms with Crippen molar-refractivity contribution in [1.82, 2.24) is 0 Å². The third kappa shape index (κ3) is 3.94. The molecule has 1 aliphatic rings. The highest BCUT2D eigenvalue weighted by Gasteiger charge is 2.35. The first-order chi connectivity index (χ1) is 14.5. The number of nitro benzene ring substituents is 1. The summed E-state index contributed by atoms with van der Waals surface area (Å²) in [7, 11) is 0. The van der Waals surface area contributed by atoms with E-state index in [1.807, 2.05) is 48.5 Å². The van der Waals surface area contributed by atoms with Gasteiger partial charge in [-0.2, -0.15) is 0 Å². The molecule has 0 spiro atoms. The average Bonchev–Trinajstić information content (AvgIpc) is 3.05. The number of non-ortho nitro benzene ring substituents is 1. The molecule has 1 saturated heterocycles. The van der Waals surface area contributed by atoms with Gasteiger partial charge in [-0.05, 0) is 48.2 Å². The summed E-state index contributed by atoms with van der Waals surface area (Å²) in [5, 5.41) is 21.6. The minimum absolute atomic E-state index is 0.152. The molecule has 3 aromatic carbocycles. The van der Waals surface area contributed by atoms with Crippen LogP contribution < -0.4 is 4.90 Å². The van der Waals surface area contributed by atoms with Crippen LogP contribution in [0.15, 0.2) is 88.8 Å². The van der Waals surface area contributed by atoms with Crippen molar-refractivity contribution in [2.75, 3.05) is 4.90 Å². The molecule has 1 fully saturated rings. The first-order valence-electron chi connectivity index (χ1n) is 8.93. The number of carbonyl (C=O) groups is 1. The van der Waals surface area contributed by atoms with Crippen molar-refractivity contribution in [2.45, 2.75) is 0 Å². The van der Waals surface area contributed by atoms with E-state index in [2.05, 4.69) is 4.99 Å². The van der Waals surface area contributed by atoms with Crippen molar-refractivity contribution < 1.29 is 14.8 Å². The maximum Gasteiger partial charge on any atom is 0.271 e. The van der Waals surface area contributed by atoms with E-state index in [4.69, 9.17) is 0 Å². The zero-order valence-electron chi connectivity index (χ0n) is 15.5. The van der Waals surface area contributed by atoms with Gasteiger partial charge in [-0.15, -0.1) is 0 Å². The Morgan fingerprint density at radius 2 is 1.67 bits per heavy atom. The molecule has 8 heteroatoms. The number of amides is 1. The van der Waals surface area contributed by atoms with E-state index in [9.17, 15) is 20.0 Å². The van der Waals surface area contributed by atoms with E-state index in [-0.39, 0.29) is 22.9 Å². The number of rotatable bonds is 4. The molecule has 0 radical (unpaired) electrons. The summed E-state index contributed by atoms with van der Waals surface area (Å²) in [5.41, 5.74) is 1.35. The van der Waals surface area contributed by atoms with Crippen LogP contribution >= 0.6 is 11.8 Å². The number of aromatic hydroxyl groups is 1. The molecule has 148 valence electrons. The number of nitro groups is 1. The number of benzene rings is 3. The Morgan fingerprint density at radius 3 is 2.33 bits per heavy atom. The number of amidine groups is 1. The lowest BCUT2D eigenvalue weighted by Crippen LogP contribution is -2.28. The molecule has 1 aliphatic heterocycles. The third-order valence-corrected chi connectivity index (χ3v) is 5.28. The van der Waals surface area contributed by atoms with Gasteiger partial charge in [-0.3, -0.25) is 19.8 Å². The molecule has 0 atom stereocenters. The van der Waals surface area contributed by atoms with Crippen LogP contribution in [0.5, 0.6) is 5.75 Å². The highest BCUT2D eigenvalue weighted by molar-refractivity contribution is 8.19. The topological polar surface area (TPSA) is 96.0 Å². The molecule has 30 heavy (non-hydrogen) atoms. The minimum Gasteiger partial charge on any atom is -0.507 e. The summed E-state index contributed by atoms with van der Waals surface area (Å²) < 4.78 is 0. The van der Waals surface area contributed by atoms with Gasteiger partial charge < -0.3 is 5.11 Å². The van der Waals surface area contributed by atoms with Crippen LogP contribution in [-0.4, -0.2) is 21.1 Å². The second kappa shape index (κ2) is 8.22. The van der Waals surface area contributed by atoms with Gasteiger partial charge in [0.25, 0.3) is 11.6 Å². The van der Waals surface area contributed by atoms with E-state index in [0.29, 0.717) is 21.4 Å². The fraction of sp³-hybridized carbons (Fsp3) is 0. The highest BCUT2D eigenvalue weighted by Crippen LogP contribution is 2.38. The highest BCUT2D eigenvalue weighted by atomic mass is 32.2. The summed E-state index contributed by atoms with van der Waals surface area (Å²) in [6.45, 7) is 0. The molecule has 1 heterocycles. The average molecular weight is 417 g/mol. The Kier molecular flexibility index (Phi) is 5.32. The number of aliphatic imine (C=N–C) groups is 1. The lowest BCUT2D eigenvalue weighted by molar-refractivity contribution is -0.384. The molecular formula is C22H15N3O4S. The lowest BCUT2D eigenvalue weighted by atomic mass is 10.1. The van der Waals surface area contributed by atoms with E-state index < -0.39 is 4.92 Å². The van der Waals surface area contributed by atoms with Gasteiger partial charge in [0, 0.05) is 17.7 Å². The van der Waals surface area contributed by atoms with Crippen molar-refractivity contribution in [3.05, 3.63) is 99.4 Å². The summed E-state index contributed by atoms with van der Waals surface area (Å²) in [4.78, 5) is 30.1. The quantitative estimate of drug-likeness (QED) is 0.362. The molecule has 1 N–H and O–H groups in total. The molecule has 1 amide bonds. The van der Waals surface area contributed by atoms with Crippen LogP contribution in [-0.2, 0) is 4.79 Å². The molecular weight excluding hydrogens is 402 g/mol. The van der Waals surface area contributed by atoms with Crippen molar-refractivity contribution >= 4 is 46.0 Å². The molecule has 0 aliphatic carbocycles. The predicted octanol–water partition coefficient (Wildman–Crippen LogP) is 5.11. The van der Waals surface area contributed by atoms with Crippen molar-refractivity contribution in [1.29, 1.82) is 0 Å². The third-order valence-electron chi connectivity index (χ3n) is 4.31. The van der Waals surface area contributed by atoms with E-state index in [1.165, 1.54) is 29.2 Å². The SMILES string of the molecule is O=C1/C(=C\c2cc([N+](=O)[O-])ccc2O)SC(=Nc2ccccc2)N1c1ccccc1. The van der Waals surface area contributed by atoms with Crippen LogP contribution in [0.1, 0.15) is 5.56 Å². The smallest absolute Gasteiger partial charge is 0.271 e. The minimum atomic E-state index is -0.552. The number of nitrogens with zero attached hydrogens (tertiary/aromatic N) is 3. The number of para-hydroxylation sites is 2. The van der Waals surface area contributed by atoms with E-state index in [0.717, 1.165) is 11.8 Å². The molecule has 7 nitrogen and oxygen atoms in total. The Labute approximate surface area is 176 Å². The summed E-state index contributed by atoms with van der Waals surface area (Å²) in [6.07, 6.45) is 1.44. The first-order valence-corrected chi connectivity index (χ1v) is 9.75. The number of hydrogen-bond donors (Lipinski definition) is 1. The summed E-state index contributed by atoms with van der Waals surface area (Å²) >= 11 is 1.14. The second-order valence-electron chi connectivity index (χ2n) is 6.32. The molecule has 0 bridgehead atoms. The molecule has 0 aromatic heterocycles. The zero-order chi connectivity index (χ0) is 21.1. The number of thioether (sulfide) groups is 1. The first kappa shape index (κ1) is 19.4. The monoisotopic (exact) mass is 417 g/mol. The van der Waals surface area contributed by atoms with Gasteiger partial charge in [0.15, 0.2) is 5.17 Å². The molecule has 3 aromatic rings. The maximum atomic E-state index is 13.2. The van der Waals surface area contributed by atoms with Gasteiger partial charge in [0.2, 0.25) is 0 Å². The van der Waals surface area contributed by atoms with Crippen LogP contribution in [0, 0.1) is 10.1 Å². The number of carbonyl (C=O) groups excluding carboxylic acids is 1. The predicted molar refractivity (Wildman–Crippen MR) is 118 cm³/mol. The van der Waals surface area contributed by atoms with Crippen LogP contribution in [0.4, 0.5) is 17.1 Å².